The van der Waals surface area contributed by atoms with Gasteiger partial charge in [0, 0.05) is 73.1 Å². The second kappa shape index (κ2) is 17.1. The van der Waals surface area contributed by atoms with E-state index in [4.69, 9.17) is 23.2 Å². The minimum absolute atomic E-state index is 0.0725. The predicted molar refractivity (Wildman–Crippen MR) is 261 cm³/mol. The van der Waals surface area contributed by atoms with Gasteiger partial charge in [-0.2, -0.15) is 0 Å². The van der Waals surface area contributed by atoms with Crippen LogP contribution in [0.15, 0.2) is 83.7 Å². The largest absolute Gasteiger partial charge is 0.370 e. The number of anilines is 3. The van der Waals surface area contributed by atoms with Gasteiger partial charge in [-0.1, -0.05) is 66.7 Å². The molecule has 69 heavy (non-hydrogen) atoms. The number of piperidine rings is 3. The number of nitrogens with one attached hydrogen (secondary N) is 4. The zero-order chi connectivity index (χ0) is 48.0. The summed E-state index contributed by atoms with van der Waals surface area (Å²) in [5.74, 6) is -3.27. The Labute approximate surface area is 407 Å². The minimum Gasteiger partial charge on any atom is -0.370 e. The number of aryl methyl sites for hydroxylation is 1. The van der Waals surface area contributed by atoms with E-state index in [1.54, 1.807) is 60.1 Å². The number of benzene rings is 4. The number of aromatic nitrogens is 2. The van der Waals surface area contributed by atoms with E-state index >= 15 is 4.39 Å². The number of carbonyl (C=O) groups excluding carboxylic acids is 5. The van der Waals surface area contributed by atoms with Gasteiger partial charge in [0.05, 0.1) is 27.8 Å². The highest BCUT2D eigenvalue weighted by Crippen LogP contribution is 2.63. The van der Waals surface area contributed by atoms with Gasteiger partial charge in [-0.25, -0.2) is 9.18 Å². The van der Waals surface area contributed by atoms with E-state index in [1.807, 2.05) is 29.2 Å². The van der Waals surface area contributed by atoms with Crippen molar-refractivity contribution in [3.8, 4) is 0 Å². The first-order valence-electron chi connectivity index (χ1n) is 24.1. The smallest absolute Gasteiger partial charge is 0.329 e. The van der Waals surface area contributed by atoms with Crippen molar-refractivity contribution in [2.24, 2.45) is 12.5 Å². The Morgan fingerprint density at radius 1 is 0.812 bits per heavy atom. The molecule has 4 atom stereocenters. The third kappa shape index (κ3) is 7.20. The first-order valence-corrected chi connectivity index (χ1v) is 24.8. The summed E-state index contributed by atoms with van der Waals surface area (Å²) in [6, 6.07) is 20.8. The Morgan fingerprint density at radius 2 is 1.52 bits per heavy atom. The van der Waals surface area contributed by atoms with Crippen LogP contribution in [-0.2, 0) is 31.6 Å². The number of likely N-dealkylation sites (tertiary alicyclic amines) is 1. The molecule has 3 spiro atoms. The number of hydrogen-bond donors (Lipinski definition) is 4. The molecule has 6 aliphatic rings. The van der Waals surface area contributed by atoms with Crippen LogP contribution in [-0.4, -0.2) is 81.3 Å². The lowest BCUT2D eigenvalue weighted by Crippen LogP contribution is -2.60. The summed E-state index contributed by atoms with van der Waals surface area (Å²) in [6.45, 7) is 2.77. The summed E-state index contributed by atoms with van der Waals surface area (Å²) >= 11 is 12.8. The van der Waals surface area contributed by atoms with E-state index in [0.29, 0.717) is 59.0 Å². The Kier molecular flexibility index (Phi) is 11.3. The molecular formula is C52H53Cl2FN8O6. The van der Waals surface area contributed by atoms with Crippen LogP contribution in [0.1, 0.15) is 104 Å². The predicted octanol–water partition coefficient (Wildman–Crippen LogP) is 7.57. The molecule has 14 nitrogen and oxygen atoms in total. The number of amides is 5. The molecule has 17 heteroatoms. The number of para-hydroxylation sites is 1. The van der Waals surface area contributed by atoms with E-state index in [1.165, 1.54) is 10.6 Å². The summed E-state index contributed by atoms with van der Waals surface area (Å²) in [5.41, 5.74) is 2.26. The van der Waals surface area contributed by atoms with Crippen molar-refractivity contribution in [1.29, 1.82) is 0 Å². The lowest BCUT2D eigenvalue weighted by molar-refractivity contribution is -0.135. The fourth-order valence-corrected chi connectivity index (χ4v) is 13.5. The van der Waals surface area contributed by atoms with Crippen LogP contribution in [0.3, 0.4) is 0 Å². The number of hydrogen-bond acceptors (Lipinski definition) is 8. The van der Waals surface area contributed by atoms with Crippen molar-refractivity contribution in [2.45, 2.75) is 99.6 Å². The molecule has 5 aliphatic heterocycles. The molecule has 4 aromatic carbocycles. The Hall–Kier alpha value is -6.03. The molecule has 5 aromatic rings. The zero-order valence-electron chi connectivity index (χ0n) is 38.2. The van der Waals surface area contributed by atoms with Gasteiger partial charge in [-0.05, 0) is 116 Å². The number of halogens is 3. The van der Waals surface area contributed by atoms with Crippen molar-refractivity contribution >= 4 is 80.8 Å². The molecule has 0 bridgehead atoms. The Bertz CT molecular complexity index is 3020. The van der Waals surface area contributed by atoms with Gasteiger partial charge in [-0.15, -0.1) is 0 Å². The Balaban J connectivity index is 0.774. The van der Waals surface area contributed by atoms with Gasteiger partial charge in [0.25, 0.3) is 5.91 Å². The fraction of sp³-hybridized carbons (Fsp3) is 0.423. The van der Waals surface area contributed by atoms with E-state index < -0.39 is 46.6 Å². The number of fused-ring (bicyclic) bond motifs is 4. The van der Waals surface area contributed by atoms with E-state index in [0.717, 1.165) is 69.2 Å². The van der Waals surface area contributed by atoms with Crippen molar-refractivity contribution < 1.29 is 28.4 Å². The molecular weight excluding hydrogens is 923 g/mol. The summed E-state index contributed by atoms with van der Waals surface area (Å²) in [6.07, 6.45) is 7.84. The highest BCUT2D eigenvalue weighted by Gasteiger charge is 2.72. The van der Waals surface area contributed by atoms with Crippen LogP contribution in [0.25, 0.3) is 11.0 Å². The standard InChI is InChI=1S/C52H53Cl2FN8O6/c1-60-44-37(9-6-10-38(44)63(49(60)69)39-17-18-40(64)58-45(39)65)61-25-21-50(22-26-61)23-27-62(28-24-50)47(67)30-11-14-32(15-12-30)56-46(66)43-41(33-7-5-8-35(54)42(33)55)52(51(59-43)19-3-2-4-20-51)34-16-13-31(53)29-36(34)57-48(52)68/h5-16,29,39,41,43,59H,2-4,17-28H2,1H3,(H,56,66)(H,57,68)(H,58,64,65)/t39?,41-,43+,52+/m0/s1. The van der Waals surface area contributed by atoms with E-state index in [-0.39, 0.29) is 52.3 Å². The molecule has 5 amide bonds. The van der Waals surface area contributed by atoms with Crippen molar-refractivity contribution in [3.05, 3.63) is 122 Å². The molecule has 4 saturated heterocycles. The van der Waals surface area contributed by atoms with Crippen LogP contribution < -0.4 is 31.9 Å². The van der Waals surface area contributed by atoms with Crippen LogP contribution >= 0.6 is 23.2 Å². The van der Waals surface area contributed by atoms with E-state index in [9.17, 15) is 28.8 Å². The second-order valence-electron chi connectivity index (χ2n) is 20.0. The molecule has 0 radical (unpaired) electrons. The van der Waals surface area contributed by atoms with Gasteiger partial charge >= 0.3 is 5.69 Å². The first kappa shape index (κ1) is 45.4. The van der Waals surface area contributed by atoms with Crippen LogP contribution in [0.2, 0.25) is 10.0 Å². The Morgan fingerprint density at radius 3 is 2.25 bits per heavy atom. The quantitative estimate of drug-likeness (QED) is 0.127. The average Bonchev–Trinajstić information content (AvgIpc) is 3.90. The minimum atomic E-state index is -1.36. The lowest BCUT2D eigenvalue weighted by Gasteiger charge is -2.47. The highest BCUT2D eigenvalue weighted by molar-refractivity contribution is 6.31. The van der Waals surface area contributed by atoms with Crippen LogP contribution in [0, 0.1) is 11.2 Å². The number of imide groups is 1. The maximum atomic E-state index is 16.4. The van der Waals surface area contributed by atoms with Gasteiger partial charge in [0.2, 0.25) is 23.6 Å². The normalized spacial score (nSPS) is 25.0. The third-order valence-electron chi connectivity index (χ3n) is 16.6. The average molecular weight is 976 g/mol. The molecule has 358 valence electrons. The van der Waals surface area contributed by atoms with Gasteiger partial charge in [0.15, 0.2) is 0 Å². The number of rotatable bonds is 6. The monoisotopic (exact) mass is 974 g/mol. The lowest BCUT2D eigenvalue weighted by atomic mass is 9.55. The molecule has 4 N–H and O–H groups in total. The third-order valence-corrected chi connectivity index (χ3v) is 17.1. The van der Waals surface area contributed by atoms with Crippen molar-refractivity contribution in [3.63, 3.8) is 0 Å². The maximum absolute atomic E-state index is 16.4. The topological polar surface area (TPSA) is 167 Å². The van der Waals surface area contributed by atoms with Gasteiger partial charge < -0.3 is 20.4 Å². The molecule has 11 rings (SSSR count). The summed E-state index contributed by atoms with van der Waals surface area (Å²) in [4.78, 5) is 85.8. The molecule has 6 heterocycles. The molecule has 1 unspecified atom stereocenters. The van der Waals surface area contributed by atoms with Crippen molar-refractivity contribution in [1.82, 2.24) is 24.7 Å². The van der Waals surface area contributed by atoms with Crippen LogP contribution in [0.5, 0.6) is 0 Å². The SMILES string of the molecule is Cn1c(=O)n(C2CCC(=O)NC2=O)c2cccc(N3CCC4(CCN(C(=O)c5ccc(NC(=O)[C@@H]6NC7(CCCCC7)[C@@]7(C(=O)Nc8cc(Cl)ccc87)[C@H]6c6cccc(Cl)c6F)cc5)CC4)CC3)c21. The molecule has 1 aromatic heterocycles. The van der Waals surface area contributed by atoms with Crippen LogP contribution in [0.4, 0.5) is 21.5 Å². The number of imidazole rings is 1. The number of nitrogens with zero attached hydrogens (tertiary/aromatic N) is 4. The zero-order valence-corrected chi connectivity index (χ0v) is 39.7. The molecule has 1 aliphatic carbocycles. The van der Waals surface area contributed by atoms with Crippen molar-refractivity contribution in [2.75, 3.05) is 41.7 Å². The van der Waals surface area contributed by atoms with E-state index in [2.05, 4.69) is 26.2 Å². The molecule has 1 saturated carbocycles. The number of carbonyl (C=O) groups is 5. The second-order valence-corrected chi connectivity index (χ2v) is 20.9. The highest BCUT2D eigenvalue weighted by atomic mass is 35.5. The first-order chi connectivity index (χ1) is 33.2. The summed E-state index contributed by atoms with van der Waals surface area (Å²) in [5, 5.41) is 12.5. The maximum Gasteiger partial charge on any atom is 0.329 e. The summed E-state index contributed by atoms with van der Waals surface area (Å²) in [7, 11) is 1.72. The van der Waals surface area contributed by atoms with Gasteiger partial charge in [0.1, 0.15) is 17.3 Å². The van der Waals surface area contributed by atoms with Gasteiger partial charge in [-0.3, -0.25) is 43.7 Å². The molecule has 5 fully saturated rings. The fourth-order valence-electron chi connectivity index (χ4n) is 13.1. The summed E-state index contributed by atoms with van der Waals surface area (Å²) < 4.78 is 19.5.